The first-order valence-corrected chi connectivity index (χ1v) is 8.01. The number of fused-ring (bicyclic) bond motifs is 1. The number of aryl methyl sites for hydroxylation is 1. The van der Waals surface area contributed by atoms with Crippen LogP contribution in [0.5, 0.6) is 11.5 Å². The molecule has 1 unspecified atom stereocenters. The maximum Gasteiger partial charge on any atom is 0.268 e. The molecular formula is C19H21NO3. The first-order chi connectivity index (χ1) is 11.1. The van der Waals surface area contributed by atoms with E-state index in [1.54, 1.807) is 23.1 Å². The number of nitrogens with zero attached hydrogens (tertiary/aromatic N) is 1. The molecule has 4 nitrogen and oxygen atoms in total. The minimum absolute atomic E-state index is 0.0588. The molecule has 1 aliphatic heterocycles. The van der Waals surface area contributed by atoms with Crippen LogP contribution in [0.15, 0.2) is 42.5 Å². The monoisotopic (exact) mass is 311 g/mol. The van der Waals surface area contributed by atoms with Crippen LogP contribution in [0, 0.1) is 0 Å². The Morgan fingerprint density at radius 3 is 2.57 bits per heavy atom. The molecule has 2 aromatic carbocycles. The molecule has 4 heteroatoms. The highest BCUT2D eigenvalue weighted by Gasteiger charge is 2.34. The molecular weight excluding hydrogens is 290 g/mol. The molecule has 1 atom stereocenters. The molecule has 23 heavy (non-hydrogen) atoms. The predicted molar refractivity (Wildman–Crippen MR) is 90.1 cm³/mol. The number of amides is 1. The molecule has 0 aromatic heterocycles. The Balaban J connectivity index is 1.92. The summed E-state index contributed by atoms with van der Waals surface area (Å²) in [5.41, 5.74) is 3.02. The highest BCUT2D eigenvalue weighted by molar-refractivity contribution is 6.00. The molecule has 1 amide bonds. The van der Waals surface area contributed by atoms with Gasteiger partial charge in [-0.3, -0.25) is 4.79 Å². The lowest BCUT2D eigenvalue weighted by atomic mass is 9.98. The Hall–Kier alpha value is -2.49. The summed E-state index contributed by atoms with van der Waals surface area (Å²) in [5.74, 6) is 0.716. The van der Waals surface area contributed by atoms with Crippen LogP contribution in [0.4, 0.5) is 5.69 Å². The Morgan fingerprint density at radius 1 is 1.13 bits per heavy atom. The van der Waals surface area contributed by atoms with Crippen LogP contribution in [-0.4, -0.2) is 23.7 Å². The zero-order valence-corrected chi connectivity index (χ0v) is 13.5. The minimum atomic E-state index is -0.528. The van der Waals surface area contributed by atoms with Crippen molar-refractivity contribution >= 4 is 11.6 Å². The lowest BCUT2D eigenvalue weighted by molar-refractivity contribution is -0.126. The van der Waals surface area contributed by atoms with E-state index < -0.39 is 6.10 Å². The fourth-order valence-corrected chi connectivity index (χ4v) is 3.07. The Kier molecular flexibility index (Phi) is 4.24. The summed E-state index contributed by atoms with van der Waals surface area (Å²) in [5, 5.41) is 9.66. The molecule has 0 saturated heterocycles. The molecule has 3 rings (SSSR count). The number of benzene rings is 2. The second-order valence-corrected chi connectivity index (χ2v) is 5.67. The average Bonchev–Trinajstić information content (AvgIpc) is 2.56. The second kappa shape index (κ2) is 6.32. The molecule has 1 aliphatic rings. The van der Waals surface area contributed by atoms with Gasteiger partial charge >= 0.3 is 0 Å². The summed E-state index contributed by atoms with van der Waals surface area (Å²) in [6.45, 7) is 4.58. The SMILES string of the molecule is CCc1ccccc1CC1Oc2ccc(O)cc2N(CC)C1=O. The van der Waals surface area contributed by atoms with Crippen molar-refractivity contribution in [2.24, 2.45) is 0 Å². The number of carbonyl (C=O) groups is 1. The molecule has 0 fully saturated rings. The quantitative estimate of drug-likeness (QED) is 0.942. The number of rotatable bonds is 4. The highest BCUT2D eigenvalue weighted by atomic mass is 16.5. The molecule has 1 N–H and O–H groups in total. The third-order valence-electron chi connectivity index (χ3n) is 4.26. The van der Waals surface area contributed by atoms with Gasteiger partial charge in [0.05, 0.1) is 5.69 Å². The van der Waals surface area contributed by atoms with Gasteiger partial charge in [-0.25, -0.2) is 0 Å². The number of anilines is 1. The zero-order chi connectivity index (χ0) is 16.4. The lowest BCUT2D eigenvalue weighted by Gasteiger charge is -2.34. The fraction of sp³-hybridized carbons (Fsp3) is 0.316. The van der Waals surface area contributed by atoms with Gasteiger partial charge in [-0.2, -0.15) is 0 Å². The summed E-state index contributed by atoms with van der Waals surface area (Å²) in [6, 6.07) is 13.0. The number of carbonyl (C=O) groups excluding carboxylic acids is 1. The van der Waals surface area contributed by atoms with E-state index in [0.29, 0.717) is 24.4 Å². The molecule has 0 saturated carbocycles. The summed E-state index contributed by atoms with van der Waals surface area (Å²) < 4.78 is 5.93. The Morgan fingerprint density at radius 2 is 1.87 bits per heavy atom. The maximum atomic E-state index is 12.8. The smallest absolute Gasteiger partial charge is 0.268 e. The Bertz CT molecular complexity index is 726. The molecule has 0 bridgehead atoms. The minimum Gasteiger partial charge on any atom is -0.508 e. The third-order valence-corrected chi connectivity index (χ3v) is 4.26. The number of ether oxygens (including phenoxy) is 1. The standard InChI is InChI=1S/C19H21NO3/c1-3-13-7-5-6-8-14(13)11-18-19(22)20(4-2)16-12-15(21)9-10-17(16)23-18/h5-10,12,18,21H,3-4,11H2,1-2H3. The van der Waals surface area contributed by atoms with Crippen LogP contribution >= 0.6 is 0 Å². The van der Waals surface area contributed by atoms with Gasteiger partial charge in [-0.15, -0.1) is 0 Å². The summed E-state index contributed by atoms with van der Waals surface area (Å²) in [7, 11) is 0. The van der Waals surface area contributed by atoms with Crippen LogP contribution in [0.25, 0.3) is 0 Å². The molecule has 1 heterocycles. The molecule has 0 aliphatic carbocycles. The van der Waals surface area contributed by atoms with Gasteiger partial charge in [0.25, 0.3) is 5.91 Å². The van der Waals surface area contributed by atoms with Crippen LogP contribution < -0.4 is 9.64 Å². The third kappa shape index (κ3) is 2.89. The van der Waals surface area contributed by atoms with Crippen LogP contribution in [-0.2, 0) is 17.6 Å². The van der Waals surface area contributed by atoms with E-state index in [1.165, 1.54) is 5.56 Å². The van der Waals surface area contributed by atoms with Gasteiger partial charge in [0.15, 0.2) is 6.10 Å². The summed E-state index contributed by atoms with van der Waals surface area (Å²) in [6.07, 6.45) is 0.957. The highest BCUT2D eigenvalue weighted by Crippen LogP contribution is 2.37. The van der Waals surface area contributed by atoms with Crippen molar-refractivity contribution in [2.75, 3.05) is 11.4 Å². The van der Waals surface area contributed by atoms with E-state index in [9.17, 15) is 9.90 Å². The van der Waals surface area contributed by atoms with Crippen molar-refractivity contribution in [1.82, 2.24) is 0 Å². The summed E-state index contributed by atoms with van der Waals surface area (Å²) >= 11 is 0. The van der Waals surface area contributed by atoms with Gasteiger partial charge in [0.1, 0.15) is 11.5 Å². The molecule has 2 aromatic rings. The number of hydrogen-bond acceptors (Lipinski definition) is 3. The van der Waals surface area contributed by atoms with Crippen molar-refractivity contribution in [2.45, 2.75) is 32.8 Å². The van der Waals surface area contributed by atoms with E-state index in [-0.39, 0.29) is 11.7 Å². The average molecular weight is 311 g/mol. The number of phenolic OH excluding ortho intramolecular Hbond substituents is 1. The van der Waals surface area contributed by atoms with Gasteiger partial charge < -0.3 is 14.7 Å². The van der Waals surface area contributed by atoms with E-state index >= 15 is 0 Å². The van der Waals surface area contributed by atoms with Gasteiger partial charge in [0, 0.05) is 19.0 Å². The van der Waals surface area contributed by atoms with E-state index in [4.69, 9.17) is 4.74 Å². The van der Waals surface area contributed by atoms with E-state index in [0.717, 1.165) is 12.0 Å². The van der Waals surface area contributed by atoms with Crippen molar-refractivity contribution in [1.29, 1.82) is 0 Å². The van der Waals surface area contributed by atoms with Gasteiger partial charge in [0.2, 0.25) is 0 Å². The largest absolute Gasteiger partial charge is 0.508 e. The first kappa shape index (κ1) is 15.4. The number of likely N-dealkylation sites (N-methyl/N-ethyl adjacent to an activating group) is 1. The van der Waals surface area contributed by atoms with Crippen molar-refractivity contribution in [3.63, 3.8) is 0 Å². The Labute approximate surface area is 136 Å². The number of hydrogen-bond donors (Lipinski definition) is 1. The van der Waals surface area contributed by atoms with Gasteiger partial charge in [-0.05, 0) is 36.6 Å². The van der Waals surface area contributed by atoms with Gasteiger partial charge in [-0.1, -0.05) is 31.2 Å². The van der Waals surface area contributed by atoms with E-state index in [2.05, 4.69) is 19.1 Å². The topological polar surface area (TPSA) is 49.8 Å². The fourth-order valence-electron chi connectivity index (χ4n) is 3.07. The van der Waals surface area contributed by atoms with Crippen LogP contribution in [0.3, 0.4) is 0 Å². The van der Waals surface area contributed by atoms with Crippen molar-refractivity contribution in [3.05, 3.63) is 53.6 Å². The predicted octanol–water partition coefficient (Wildman–Crippen LogP) is 3.31. The van der Waals surface area contributed by atoms with E-state index in [1.807, 2.05) is 19.1 Å². The molecule has 0 spiro atoms. The van der Waals surface area contributed by atoms with Crippen molar-refractivity contribution in [3.8, 4) is 11.5 Å². The number of phenols is 1. The molecule has 0 radical (unpaired) electrons. The van der Waals surface area contributed by atoms with Crippen molar-refractivity contribution < 1.29 is 14.6 Å². The number of aromatic hydroxyl groups is 1. The van der Waals surface area contributed by atoms with Crippen LogP contribution in [0.2, 0.25) is 0 Å². The maximum absolute atomic E-state index is 12.8. The molecule has 120 valence electrons. The van der Waals surface area contributed by atoms with Crippen LogP contribution in [0.1, 0.15) is 25.0 Å². The lowest BCUT2D eigenvalue weighted by Crippen LogP contribution is -2.46. The second-order valence-electron chi connectivity index (χ2n) is 5.67. The normalized spacial score (nSPS) is 16.9. The first-order valence-electron chi connectivity index (χ1n) is 8.01. The zero-order valence-electron chi connectivity index (χ0n) is 13.5. The summed E-state index contributed by atoms with van der Waals surface area (Å²) in [4.78, 5) is 14.4.